The minimum Gasteiger partial charge on any atom is -0.264 e. The number of rotatable bonds is 2. The van der Waals surface area contributed by atoms with Crippen LogP contribution in [0.3, 0.4) is 0 Å². The van der Waals surface area contributed by atoms with Gasteiger partial charge >= 0.3 is 110 Å². The SMILES string of the molecule is CC(C)(C)c1ccc(C[CH2][Na])cc1.O=S(=O)(O)O. The van der Waals surface area contributed by atoms with Gasteiger partial charge in [-0.05, 0) is 0 Å². The van der Waals surface area contributed by atoms with Gasteiger partial charge in [0.1, 0.15) is 0 Å². The molecule has 6 heteroatoms. The molecule has 0 saturated heterocycles. The average Bonchev–Trinajstić information content (AvgIpc) is 2.15. The predicted molar refractivity (Wildman–Crippen MR) is 73.6 cm³/mol. The zero-order chi connectivity index (χ0) is 14.4. The van der Waals surface area contributed by atoms with Gasteiger partial charge in [-0.2, -0.15) is 8.42 Å². The van der Waals surface area contributed by atoms with Crippen molar-refractivity contribution in [1.29, 1.82) is 0 Å². The summed E-state index contributed by atoms with van der Waals surface area (Å²) >= 11 is 1.31. The Kier molecular flexibility index (Phi) is 7.66. The number of aryl methyl sites for hydroxylation is 1. The second-order valence-electron chi connectivity index (χ2n) is 5.14. The Balaban J connectivity index is 0.000000494. The third-order valence-electron chi connectivity index (χ3n) is 2.36. The van der Waals surface area contributed by atoms with Crippen molar-refractivity contribution in [1.82, 2.24) is 0 Å². The molecule has 1 rings (SSSR count). The van der Waals surface area contributed by atoms with Crippen molar-refractivity contribution in [2.24, 2.45) is 0 Å². The summed E-state index contributed by atoms with van der Waals surface area (Å²) in [6.45, 7) is 6.78. The quantitative estimate of drug-likeness (QED) is 0.645. The summed E-state index contributed by atoms with van der Waals surface area (Å²) in [5.41, 5.74) is 3.21. The molecule has 0 unspecified atom stereocenters. The first kappa shape index (κ1) is 18.1. The first-order valence-electron chi connectivity index (χ1n) is 5.83. The molecule has 0 saturated carbocycles. The van der Waals surface area contributed by atoms with Crippen LogP contribution in [-0.4, -0.2) is 45.5 Å². The van der Waals surface area contributed by atoms with E-state index >= 15 is 0 Å². The van der Waals surface area contributed by atoms with Gasteiger partial charge in [-0.1, -0.05) is 0 Å². The van der Waals surface area contributed by atoms with E-state index in [-0.39, 0.29) is 0 Å². The summed E-state index contributed by atoms with van der Waals surface area (Å²) in [4.78, 5) is 0. The third kappa shape index (κ3) is 10.1. The van der Waals surface area contributed by atoms with Crippen LogP contribution < -0.4 is 0 Å². The molecule has 0 aromatic heterocycles. The van der Waals surface area contributed by atoms with Gasteiger partial charge in [0.25, 0.3) is 0 Å². The standard InChI is InChI=1S/C12H17.Na.H2O4S/c1-5-10-6-8-11(9-7-10)12(2,3)4;;1-5(2,3)4/h6-9H,1,5H2,2-4H3;;(H2,1,2,3,4). The van der Waals surface area contributed by atoms with E-state index in [9.17, 15) is 0 Å². The second-order valence-corrected chi connectivity index (χ2v) is 7.04. The summed E-state index contributed by atoms with van der Waals surface area (Å²) in [5.74, 6) is 0. The Morgan fingerprint density at radius 3 is 1.78 bits per heavy atom. The summed E-state index contributed by atoms with van der Waals surface area (Å²) in [7, 11) is -4.67. The van der Waals surface area contributed by atoms with E-state index < -0.39 is 10.4 Å². The molecule has 0 heterocycles. The molecule has 18 heavy (non-hydrogen) atoms. The van der Waals surface area contributed by atoms with Gasteiger partial charge < -0.3 is 0 Å². The molecule has 0 spiro atoms. The number of hydrogen-bond donors (Lipinski definition) is 2. The molecule has 0 atom stereocenters. The topological polar surface area (TPSA) is 74.6 Å². The molecule has 2 N–H and O–H groups in total. The van der Waals surface area contributed by atoms with Crippen LogP contribution in [0.1, 0.15) is 31.9 Å². The minimum atomic E-state index is -4.67. The molecule has 0 bridgehead atoms. The number of benzene rings is 1. The molecule has 0 amide bonds. The van der Waals surface area contributed by atoms with Crippen LogP contribution in [0.15, 0.2) is 24.3 Å². The molecule has 98 valence electrons. The van der Waals surface area contributed by atoms with E-state index in [0.29, 0.717) is 5.41 Å². The van der Waals surface area contributed by atoms with Crippen LogP contribution in [0.5, 0.6) is 0 Å². The molecule has 0 fully saturated rings. The predicted octanol–water partition coefficient (Wildman–Crippen LogP) is 2.46. The second kappa shape index (κ2) is 7.62. The first-order chi connectivity index (χ1) is 8.04. The van der Waals surface area contributed by atoms with Crippen LogP contribution in [0, 0.1) is 0 Å². The average molecular weight is 282 g/mol. The molecular weight excluding hydrogens is 263 g/mol. The van der Waals surface area contributed by atoms with Gasteiger partial charge in [-0.25, -0.2) is 0 Å². The zero-order valence-electron chi connectivity index (χ0n) is 11.3. The van der Waals surface area contributed by atoms with E-state index in [1.165, 1.54) is 49.1 Å². The van der Waals surface area contributed by atoms with E-state index in [1.807, 2.05) is 0 Å². The molecule has 0 aliphatic rings. The zero-order valence-corrected chi connectivity index (χ0v) is 14.2. The summed E-state index contributed by atoms with van der Waals surface area (Å²) in [6, 6.07) is 9.09. The van der Waals surface area contributed by atoms with Crippen LogP contribution in [0.2, 0.25) is 3.67 Å². The van der Waals surface area contributed by atoms with Crippen LogP contribution in [0.4, 0.5) is 0 Å². The van der Waals surface area contributed by atoms with Crippen molar-refractivity contribution in [2.75, 3.05) is 0 Å². The Labute approximate surface area is 127 Å². The molecule has 0 aliphatic heterocycles. The van der Waals surface area contributed by atoms with E-state index in [1.54, 1.807) is 0 Å². The van der Waals surface area contributed by atoms with Gasteiger partial charge in [-0.3, -0.25) is 9.11 Å². The molecule has 4 nitrogen and oxygen atoms in total. The van der Waals surface area contributed by atoms with Gasteiger partial charge in [0.2, 0.25) is 0 Å². The van der Waals surface area contributed by atoms with Gasteiger partial charge in [0.15, 0.2) is 0 Å². The molecule has 0 radical (unpaired) electrons. The van der Waals surface area contributed by atoms with Gasteiger partial charge in [-0.15, -0.1) is 0 Å². The van der Waals surface area contributed by atoms with Crippen LogP contribution >= 0.6 is 0 Å². The van der Waals surface area contributed by atoms with E-state index in [2.05, 4.69) is 45.0 Å². The van der Waals surface area contributed by atoms with Crippen LogP contribution in [0.25, 0.3) is 0 Å². The van der Waals surface area contributed by atoms with Gasteiger partial charge in [0, 0.05) is 0 Å². The summed E-state index contributed by atoms with van der Waals surface area (Å²) < 4.78 is 33.0. The van der Waals surface area contributed by atoms with Gasteiger partial charge in [0.05, 0.1) is 0 Å². The van der Waals surface area contributed by atoms with Crippen molar-refractivity contribution in [3.8, 4) is 0 Å². The normalized spacial score (nSPS) is 11.7. The largest absolute Gasteiger partial charge is 0.394 e. The maximum atomic E-state index is 8.74. The maximum Gasteiger partial charge on any atom is 0.394 e. The first-order valence-corrected chi connectivity index (χ1v) is 8.64. The smallest absolute Gasteiger partial charge is 0.264 e. The van der Waals surface area contributed by atoms with Crippen molar-refractivity contribution in [3.05, 3.63) is 35.4 Å². The summed E-state index contributed by atoms with van der Waals surface area (Å²) in [6.07, 6.45) is 1.26. The monoisotopic (exact) mass is 282 g/mol. The third-order valence-corrected chi connectivity index (χ3v) is 2.86. The van der Waals surface area contributed by atoms with Crippen molar-refractivity contribution in [2.45, 2.75) is 36.3 Å². The summed E-state index contributed by atoms with van der Waals surface area (Å²) in [5, 5.41) is 0. The fourth-order valence-electron chi connectivity index (χ4n) is 1.46. The molecule has 1 aromatic rings. The fourth-order valence-corrected chi connectivity index (χ4v) is 2.04. The maximum absolute atomic E-state index is 8.74. The van der Waals surface area contributed by atoms with E-state index in [0.717, 1.165) is 0 Å². The Morgan fingerprint density at radius 2 is 1.50 bits per heavy atom. The Bertz CT molecular complexity index is 438. The van der Waals surface area contributed by atoms with Crippen molar-refractivity contribution >= 4 is 38.3 Å². The van der Waals surface area contributed by atoms with E-state index in [4.69, 9.17) is 17.5 Å². The Morgan fingerprint density at radius 1 is 1.11 bits per heavy atom. The molecular formula is C12H19NaO4S. The number of hydrogen-bond acceptors (Lipinski definition) is 2. The Hall–Kier alpha value is 0.0900. The molecule has 0 aliphatic carbocycles. The minimum absolute atomic E-state index is 0.291. The fraction of sp³-hybridized carbons (Fsp3) is 0.500. The van der Waals surface area contributed by atoms with Crippen molar-refractivity contribution in [3.63, 3.8) is 0 Å². The van der Waals surface area contributed by atoms with Crippen molar-refractivity contribution < 1.29 is 17.5 Å². The molecule has 1 aromatic carbocycles. The van der Waals surface area contributed by atoms with Crippen LogP contribution in [-0.2, 0) is 22.2 Å².